The van der Waals surface area contributed by atoms with Crippen molar-refractivity contribution in [2.45, 2.75) is 19.4 Å². The lowest BCUT2D eigenvalue weighted by Crippen LogP contribution is -2.39. The van der Waals surface area contributed by atoms with E-state index in [1.165, 1.54) is 0 Å². The van der Waals surface area contributed by atoms with E-state index in [0.717, 1.165) is 23.7 Å². The summed E-state index contributed by atoms with van der Waals surface area (Å²) in [6, 6.07) is 8.16. The van der Waals surface area contributed by atoms with Crippen molar-refractivity contribution < 1.29 is 9.47 Å². The van der Waals surface area contributed by atoms with Crippen LogP contribution in [0.15, 0.2) is 18.2 Å². The highest BCUT2D eigenvalue weighted by molar-refractivity contribution is 5.63. The van der Waals surface area contributed by atoms with Crippen molar-refractivity contribution in [2.75, 3.05) is 25.2 Å². The van der Waals surface area contributed by atoms with Crippen LogP contribution < -0.4 is 14.4 Å². The number of hydrogen-bond acceptors (Lipinski definition) is 4. The van der Waals surface area contributed by atoms with Gasteiger partial charge in [0.15, 0.2) is 0 Å². The summed E-state index contributed by atoms with van der Waals surface area (Å²) >= 11 is 0. The van der Waals surface area contributed by atoms with Gasteiger partial charge in [-0.1, -0.05) is 0 Å². The first-order chi connectivity index (χ1) is 8.26. The molecule has 0 aliphatic carbocycles. The van der Waals surface area contributed by atoms with Gasteiger partial charge in [-0.05, 0) is 19.1 Å². The second-order valence-corrected chi connectivity index (χ2v) is 4.09. The summed E-state index contributed by atoms with van der Waals surface area (Å²) in [5.41, 5.74) is 1.01. The third-order valence-electron chi connectivity index (χ3n) is 2.98. The molecule has 1 aromatic rings. The predicted molar refractivity (Wildman–Crippen MR) is 65.5 cm³/mol. The third kappa shape index (κ3) is 2.28. The molecule has 1 unspecified atom stereocenters. The van der Waals surface area contributed by atoms with Gasteiger partial charge in [-0.15, -0.1) is 0 Å². The average Bonchev–Trinajstić information content (AvgIpc) is 2.37. The smallest absolute Gasteiger partial charge is 0.142 e. The molecule has 90 valence electrons. The van der Waals surface area contributed by atoms with Gasteiger partial charge < -0.3 is 14.4 Å². The average molecular weight is 232 g/mol. The Morgan fingerprint density at radius 3 is 3.12 bits per heavy atom. The molecule has 17 heavy (non-hydrogen) atoms. The van der Waals surface area contributed by atoms with Gasteiger partial charge in [0.25, 0.3) is 0 Å². The van der Waals surface area contributed by atoms with E-state index in [1.54, 1.807) is 7.11 Å². The Bertz CT molecular complexity index is 440. The maximum Gasteiger partial charge on any atom is 0.142 e. The van der Waals surface area contributed by atoms with E-state index < -0.39 is 0 Å². The third-order valence-corrected chi connectivity index (χ3v) is 2.98. The molecule has 0 fully saturated rings. The zero-order chi connectivity index (χ0) is 12.3. The minimum Gasteiger partial charge on any atom is -0.497 e. The molecule has 2 rings (SSSR count). The molecular weight excluding hydrogens is 216 g/mol. The summed E-state index contributed by atoms with van der Waals surface area (Å²) in [7, 11) is 1.65. The molecule has 0 amide bonds. The van der Waals surface area contributed by atoms with Crippen LogP contribution in [-0.2, 0) is 0 Å². The highest BCUT2D eigenvalue weighted by Gasteiger charge is 2.22. The lowest BCUT2D eigenvalue weighted by Gasteiger charge is -2.35. The number of anilines is 1. The van der Waals surface area contributed by atoms with Crippen molar-refractivity contribution in [2.24, 2.45) is 0 Å². The number of benzene rings is 1. The van der Waals surface area contributed by atoms with Crippen molar-refractivity contribution in [3.05, 3.63) is 18.2 Å². The fraction of sp³-hybridized carbons (Fsp3) is 0.462. The first-order valence-electron chi connectivity index (χ1n) is 5.70. The Hall–Kier alpha value is -1.89. The van der Waals surface area contributed by atoms with Crippen LogP contribution in [0.3, 0.4) is 0 Å². The van der Waals surface area contributed by atoms with E-state index in [1.807, 2.05) is 18.2 Å². The highest BCUT2D eigenvalue weighted by Crippen LogP contribution is 2.36. The van der Waals surface area contributed by atoms with Crippen molar-refractivity contribution in [1.82, 2.24) is 0 Å². The highest BCUT2D eigenvalue weighted by atomic mass is 16.5. The lowest BCUT2D eigenvalue weighted by molar-refractivity contribution is 0.300. The number of nitrogens with zero attached hydrogens (tertiary/aromatic N) is 2. The second kappa shape index (κ2) is 4.96. The molecule has 1 aliphatic heterocycles. The summed E-state index contributed by atoms with van der Waals surface area (Å²) in [6.07, 6.45) is 0.511. The predicted octanol–water partition coefficient (Wildman–Crippen LogP) is 2.20. The SMILES string of the molecule is COc1ccc2c(c1)N(C(C)CC#N)CCO2. The maximum atomic E-state index is 8.78. The van der Waals surface area contributed by atoms with Gasteiger partial charge in [-0.2, -0.15) is 5.26 Å². The van der Waals surface area contributed by atoms with Crippen LogP contribution in [0.4, 0.5) is 5.69 Å². The van der Waals surface area contributed by atoms with Gasteiger partial charge in [0.2, 0.25) is 0 Å². The number of hydrogen-bond donors (Lipinski definition) is 0. The maximum absolute atomic E-state index is 8.78. The molecule has 0 radical (unpaired) electrons. The van der Waals surface area contributed by atoms with Crippen LogP contribution in [0.5, 0.6) is 11.5 Å². The van der Waals surface area contributed by atoms with Gasteiger partial charge in [0.1, 0.15) is 18.1 Å². The summed E-state index contributed by atoms with van der Waals surface area (Å²) in [6.45, 7) is 3.52. The monoisotopic (exact) mass is 232 g/mol. The van der Waals surface area contributed by atoms with Gasteiger partial charge in [-0.25, -0.2) is 0 Å². The Kier molecular flexibility index (Phi) is 3.38. The second-order valence-electron chi connectivity index (χ2n) is 4.09. The van der Waals surface area contributed by atoms with Crippen molar-refractivity contribution in [1.29, 1.82) is 5.26 Å². The van der Waals surface area contributed by atoms with Crippen molar-refractivity contribution in [3.8, 4) is 17.6 Å². The number of rotatable bonds is 3. The Balaban J connectivity index is 2.32. The normalized spacial score (nSPS) is 15.5. The van der Waals surface area contributed by atoms with Gasteiger partial charge >= 0.3 is 0 Å². The first kappa shape index (κ1) is 11.6. The number of fused-ring (bicyclic) bond motifs is 1. The molecule has 0 aromatic heterocycles. The Labute approximate surface area is 101 Å². The van der Waals surface area contributed by atoms with E-state index in [-0.39, 0.29) is 6.04 Å². The van der Waals surface area contributed by atoms with Gasteiger partial charge in [0.05, 0.1) is 31.8 Å². The van der Waals surface area contributed by atoms with Crippen LogP contribution in [0.1, 0.15) is 13.3 Å². The standard InChI is InChI=1S/C13H16N2O2/c1-10(5-6-14)15-7-8-17-13-4-3-11(16-2)9-12(13)15/h3-4,9-10H,5,7-8H2,1-2H3. The summed E-state index contributed by atoms with van der Waals surface area (Å²) in [5, 5.41) is 8.78. The van der Waals surface area contributed by atoms with Gasteiger partial charge in [0, 0.05) is 12.1 Å². The van der Waals surface area contributed by atoms with Crippen LogP contribution in [0.2, 0.25) is 0 Å². The zero-order valence-corrected chi connectivity index (χ0v) is 10.1. The summed E-state index contributed by atoms with van der Waals surface area (Å²) < 4.78 is 10.8. The Morgan fingerprint density at radius 1 is 1.59 bits per heavy atom. The van der Waals surface area contributed by atoms with E-state index in [4.69, 9.17) is 14.7 Å². The van der Waals surface area contributed by atoms with E-state index in [0.29, 0.717) is 13.0 Å². The minimum atomic E-state index is 0.190. The summed E-state index contributed by atoms with van der Waals surface area (Å²) in [4.78, 5) is 2.20. The molecule has 0 N–H and O–H groups in total. The minimum absolute atomic E-state index is 0.190. The molecular formula is C13H16N2O2. The number of nitriles is 1. The first-order valence-corrected chi connectivity index (χ1v) is 5.70. The van der Waals surface area contributed by atoms with Crippen molar-refractivity contribution >= 4 is 5.69 Å². The quantitative estimate of drug-likeness (QED) is 0.801. The molecule has 1 aliphatic rings. The fourth-order valence-corrected chi connectivity index (χ4v) is 2.05. The molecule has 1 atom stereocenters. The van der Waals surface area contributed by atoms with E-state index >= 15 is 0 Å². The largest absolute Gasteiger partial charge is 0.497 e. The number of ether oxygens (including phenoxy) is 2. The van der Waals surface area contributed by atoms with Gasteiger partial charge in [-0.3, -0.25) is 0 Å². The Morgan fingerprint density at radius 2 is 2.41 bits per heavy atom. The van der Waals surface area contributed by atoms with Crippen molar-refractivity contribution in [3.63, 3.8) is 0 Å². The zero-order valence-electron chi connectivity index (χ0n) is 10.1. The van der Waals surface area contributed by atoms with Crippen LogP contribution >= 0.6 is 0 Å². The van der Waals surface area contributed by atoms with Crippen LogP contribution in [0, 0.1) is 11.3 Å². The number of methoxy groups -OCH3 is 1. The molecule has 0 bridgehead atoms. The molecule has 0 saturated heterocycles. The van der Waals surface area contributed by atoms with E-state index in [9.17, 15) is 0 Å². The topological polar surface area (TPSA) is 45.5 Å². The summed E-state index contributed by atoms with van der Waals surface area (Å²) in [5.74, 6) is 1.67. The molecule has 1 heterocycles. The molecule has 1 aromatic carbocycles. The van der Waals surface area contributed by atoms with E-state index in [2.05, 4.69) is 17.9 Å². The molecule has 0 saturated carbocycles. The molecule has 4 heteroatoms. The van der Waals surface area contributed by atoms with Crippen LogP contribution in [0.25, 0.3) is 0 Å². The van der Waals surface area contributed by atoms with Crippen LogP contribution in [-0.4, -0.2) is 26.3 Å². The fourth-order valence-electron chi connectivity index (χ4n) is 2.05. The molecule has 4 nitrogen and oxygen atoms in total. The molecule has 0 spiro atoms. The lowest BCUT2D eigenvalue weighted by atomic mass is 10.1.